The fourth-order valence-electron chi connectivity index (χ4n) is 4.71. The molecule has 6 heteroatoms. The summed E-state index contributed by atoms with van der Waals surface area (Å²) in [6.07, 6.45) is 6.69. The van der Waals surface area contributed by atoms with E-state index < -0.39 is 0 Å². The Hall–Kier alpha value is -1.85. The van der Waals surface area contributed by atoms with Crippen molar-refractivity contribution in [2.75, 3.05) is 19.9 Å². The lowest BCUT2D eigenvalue weighted by Crippen LogP contribution is -2.45. The summed E-state index contributed by atoms with van der Waals surface area (Å²) in [5.41, 5.74) is 3.89. The molecule has 0 bridgehead atoms. The molecule has 0 radical (unpaired) electrons. The molecule has 1 aliphatic carbocycles. The minimum Gasteiger partial charge on any atom is -0.454 e. The lowest BCUT2D eigenvalue weighted by atomic mass is 9.77. The van der Waals surface area contributed by atoms with Crippen molar-refractivity contribution in [1.29, 1.82) is 0 Å². The normalized spacial score (nSPS) is 24.2. The Morgan fingerprint density at radius 3 is 2.96 bits per heavy atom. The molecule has 1 atom stereocenters. The lowest BCUT2D eigenvalue weighted by Gasteiger charge is -2.40. The van der Waals surface area contributed by atoms with Gasteiger partial charge in [0, 0.05) is 35.8 Å². The Labute approximate surface area is 158 Å². The van der Waals surface area contributed by atoms with Crippen LogP contribution < -0.4 is 9.47 Å². The molecular formula is C20H22ClN3O2. The standard InChI is InChI=1S/C20H22ClN3O2/c1-13-22-9-14-3-5-20(19(14)23-13)4-2-6-24(11-20)10-15-7-17-18(8-16(15)21)26-12-25-17/h7-9H,2-6,10-12H2,1H3. The third-order valence-corrected chi connectivity index (χ3v) is 6.30. The van der Waals surface area contributed by atoms with Crippen LogP contribution in [0.1, 0.15) is 41.9 Å². The van der Waals surface area contributed by atoms with Gasteiger partial charge in [0.2, 0.25) is 6.79 Å². The first-order valence-electron chi connectivity index (χ1n) is 9.26. The van der Waals surface area contributed by atoms with Crippen molar-refractivity contribution in [1.82, 2.24) is 14.9 Å². The Morgan fingerprint density at radius 2 is 2.08 bits per heavy atom. The zero-order valence-corrected chi connectivity index (χ0v) is 15.7. The summed E-state index contributed by atoms with van der Waals surface area (Å²) >= 11 is 6.50. The van der Waals surface area contributed by atoms with Crippen LogP contribution in [0.5, 0.6) is 11.5 Å². The highest BCUT2D eigenvalue weighted by Crippen LogP contribution is 2.44. The van der Waals surface area contributed by atoms with Gasteiger partial charge < -0.3 is 9.47 Å². The summed E-state index contributed by atoms with van der Waals surface area (Å²) in [4.78, 5) is 11.7. The van der Waals surface area contributed by atoms with Crippen molar-refractivity contribution in [3.05, 3.63) is 46.0 Å². The van der Waals surface area contributed by atoms with Gasteiger partial charge in [0.05, 0.1) is 5.69 Å². The second kappa shape index (κ2) is 6.10. The molecule has 2 aliphatic heterocycles. The molecule has 3 aliphatic rings. The minimum absolute atomic E-state index is 0.171. The molecule has 0 amide bonds. The van der Waals surface area contributed by atoms with Crippen molar-refractivity contribution in [2.45, 2.75) is 44.6 Å². The number of benzene rings is 1. The van der Waals surface area contributed by atoms with Gasteiger partial charge in [-0.15, -0.1) is 0 Å². The Balaban J connectivity index is 1.40. The number of ether oxygens (including phenoxy) is 2. The molecule has 1 saturated heterocycles. The topological polar surface area (TPSA) is 47.5 Å². The number of hydrogen-bond acceptors (Lipinski definition) is 5. The number of rotatable bonds is 2. The lowest BCUT2D eigenvalue weighted by molar-refractivity contribution is 0.136. The zero-order chi connectivity index (χ0) is 17.7. The smallest absolute Gasteiger partial charge is 0.231 e. The average Bonchev–Trinajstić information content (AvgIpc) is 3.21. The highest BCUT2D eigenvalue weighted by molar-refractivity contribution is 6.31. The van der Waals surface area contributed by atoms with E-state index in [0.717, 1.165) is 54.0 Å². The van der Waals surface area contributed by atoms with Crippen molar-refractivity contribution >= 4 is 11.6 Å². The van der Waals surface area contributed by atoms with Crippen LogP contribution in [0.15, 0.2) is 18.3 Å². The number of fused-ring (bicyclic) bond motifs is 3. The highest BCUT2D eigenvalue weighted by atomic mass is 35.5. The predicted molar refractivity (Wildman–Crippen MR) is 98.9 cm³/mol. The van der Waals surface area contributed by atoms with E-state index in [1.165, 1.54) is 30.5 Å². The van der Waals surface area contributed by atoms with Gasteiger partial charge in [-0.1, -0.05) is 11.6 Å². The Bertz CT molecular complexity index is 868. The SMILES string of the molecule is Cc1ncc2c(n1)C1(CCCN(Cc3cc4c(cc3Cl)OCO4)C1)CC2. The van der Waals surface area contributed by atoms with Gasteiger partial charge in [-0.2, -0.15) is 0 Å². The summed E-state index contributed by atoms with van der Waals surface area (Å²) < 4.78 is 10.9. The third kappa shape index (κ3) is 2.65. The molecule has 136 valence electrons. The number of piperidine rings is 1. The molecule has 26 heavy (non-hydrogen) atoms. The van der Waals surface area contributed by atoms with E-state index in [0.29, 0.717) is 0 Å². The van der Waals surface area contributed by atoms with Crippen molar-refractivity contribution in [3.8, 4) is 11.5 Å². The van der Waals surface area contributed by atoms with E-state index in [2.05, 4.69) is 9.88 Å². The predicted octanol–water partition coefficient (Wildman–Crippen LogP) is 3.65. The first-order valence-corrected chi connectivity index (χ1v) is 9.64. The second-order valence-corrected chi connectivity index (χ2v) is 8.09. The number of aromatic nitrogens is 2. The molecular weight excluding hydrogens is 350 g/mol. The quantitative estimate of drug-likeness (QED) is 0.806. The van der Waals surface area contributed by atoms with Gasteiger partial charge >= 0.3 is 0 Å². The van der Waals surface area contributed by atoms with E-state index in [1.807, 2.05) is 25.3 Å². The number of halogens is 1. The first-order chi connectivity index (χ1) is 12.6. The Morgan fingerprint density at radius 1 is 1.23 bits per heavy atom. The maximum Gasteiger partial charge on any atom is 0.231 e. The summed E-state index contributed by atoms with van der Waals surface area (Å²) in [6, 6.07) is 3.90. The van der Waals surface area contributed by atoms with E-state index in [9.17, 15) is 0 Å². The van der Waals surface area contributed by atoms with Gasteiger partial charge in [-0.25, -0.2) is 9.97 Å². The van der Waals surface area contributed by atoms with E-state index in [4.69, 9.17) is 26.1 Å². The minimum atomic E-state index is 0.171. The third-order valence-electron chi connectivity index (χ3n) is 5.95. The molecule has 0 saturated carbocycles. The molecule has 0 N–H and O–H groups in total. The van der Waals surface area contributed by atoms with Crippen molar-refractivity contribution < 1.29 is 9.47 Å². The summed E-state index contributed by atoms with van der Waals surface area (Å²) in [6.45, 7) is 5.21. The second-order valence-electron chi connectivity index (χ2n) is 7.68. The van der Waals surface area contributed by atoms with Gasteiger partial charge in [-0.05, 0) is 56.3 Å². The fourth-order valence-corrected chi connectivity index (χ4v) is 4.92. The molecule has 1 aromatic carbocycles. The van der Waals surface area contributed by atoms with Crippen LogP contribution in [0.3, 0.4) is 0 Å². The van der Waals surface area contributed by atoms with Crippen LogP contribution in [0.4, 0.5) is 0 Å². The van der Waals surface area contributed by atoms with Gasteiger partial charge in [0.15, 0.2) is 11.5 Å². The fraction of sp³-hybridized carbons (Fsp3) is 0.500. The summed E-state index contributed by atoms with van der Waals surface area (Å²) in [5.74, 6) is 2.41. The summed E-state index contributed by atoms with van der Waals surface area (Å²) in [5, 5.41) is 0.749. The van der Waals surface area contributed by atoms with Crippen LogP contribution in [-0.4, -0.2) is 34.8 Å². The summed E-state index contributed by atoms with van der Waals surface area (Å²) in [7, 11) is 0. The Kier molecular flexibility index (Phi) is 3.83. The van der Waals surface area contributed by atoms with Crippen molar-refractivity contribution in [3.63, 3.8) is 0 Å². The number of nitrogens with zero attached hydrogens (tertiary/aromatic N) is 3. The average molecular weight is 372 g/mol. The van der Waals surface area contributed by atoms with Gasteiger partial charge in [0.1, 0.15) is 5.82 Å². The number of aryl methyl sites for hydroxylation is 2. The molecule has 5 nitrogen and oxygen atoms in total. The van der Waals surface area contributed by atoms with Crippen LogP contribution in [-0.2, 0) is 18.4 Å². The molecule has 1 spiro atoms. The van der Waals surface area contributed by atoms with E-state index in [1.54, 1.807) is 0 Å². The maximum absolute atomic E-state index is 6.50. The molecule has 1 fully saturated rings. The molecule has 2 aromatic rings. The van der Waals surface area contributed by atoms with Crippen molar-refractivity contribution in [2.24, 2.45) is 0 Å². The zero-order valence-electron chi connectivity index (χ0n) is 14.9. The largest absolute Gasteiger partial charge is 0.454 e. The number of likely N-dealkylation sites (tertiary alicyclic amines) is 1. The molecule has 1 unspecified atom stereocenters. The van der Waals surface area contributed by atoms with Crippen LogP contribution in [0.2, 0.25) is 5.02 Å². The maximum atomic E-state index is 6.50. The molecule has 1 aromatic heterocycles. The van der Waals surface area contributed by atoms with Gasteiger partial charge in [-0.3, -0.25) is 4.90 Å². The van der Waals surface area contributed by atoms with Crippen LogP contribution in [0, 0.1) is 6.92 Å². The van der Waals surface area contributed by atoms with E-state index >= 15 is 0 Å². The first kappa shape index (κ1) is 16.3. The molecule has 3 heterocycles. The highest BCUT2D eigenvalue weighted by Gasteiger charge is 2.43. The monoisotopic (exact) mass is 371 g/mol. The number of hydrogen-bond donors (Lipinski definition) is 0. The van der Waals surface area contributed by atoms with Gasteiger partial charge in [0.25, 0.3) is 0 Å². The van der Waals surface area contributed by atoms with Crippen LogP contribution >= 0.6 is 11.6 Å². The van der Waals surface area contributed by atoms with E-state index in [-0.39, 0.29) is 12.2 Å². The molecule has 5 rings (SSSR count). The van der Waals surface area contributed by atoms with Crippen LogP contribution in [0.25, 0.3) is 0 Å².